The fourth-order valence-corrected chi connectivity index (χ4v) is 2.47. The molecule has 1 aromatic carbocycles. The molecular weight excluding hydrogens is 192 g/mol. The number of hydrogen-bond donors (Lipinski definition) is 0. The standard InChI is InChI=1S/C16H16/c1-5-9-12-13-10-7-8-11-15(13)16(3,4)14(12)6-2/h2,5,7-11H,1,3-4H3/b9-5-. The van der Waals surface area contributed by atoms with E-state index in [1.165, 1.54) is 16.7 Å². The first-order valence-electron chi connectivity index (χ1n) is 5.57. The fraction of sp³-hybridized carbons (Fsp3) is 0.250. The Morgan fingerprint density at radius 1 is 1.25 bits per heavy atom. The van der Waals surface area contributed by atoms with Crippen molar-refractivity contribution in [3.63, 3.8) is 0 Å². The van der Waals surface area contributed by atoms with E-state index in [1.807, 2.05) is 13.0 Å². The zero-order valence-corrected chi connectivity index (χ0v) is 10.0. The van der Waals surface area contributed by atoms with E-state index >= 15 is 0 Å². The van der Waals surface area contributed by atoms with Crippen LogP contribution in [0, 0.1) is 12.3 Å². The molecule has 0 heteroatoms. The topological polar surface area (TPSA) is 0 Å². The summed E-state index contributed by atoms with van der Waals surface area (Å²) < 4.78 is 0. The third-order valence-electron chi connectivity index (χ3n) is 3.26. The van der Waals surface area contributed by atoms with Crippen LogP contribution in [0.1, 0.15) is 31.9 Å². The van der Waals surface area contributed by atoms with Gasteiger partial charge in [-0.1, -0.05) is 56.2 Å². The Hall–Kier alpha value is -1.74. The molecule has 0 heterocycles. The molecule has 16 heavy (non-hydrogen) atoms. The minimum Gasteiger partial charge on any atom is -0.115 e. The van der Waals surface area contributed by atoms with Crippen LogP contribution in [-0.2, 0) is 5.41 Å². The Balaban J connectivity index is 2.77. The monoisotopic (exact) mass is 208 g/mol. The Morgan fingerprint density at radius 3 is 2.56 bits per heavy atom. The van der Waals surface area contributed by atoms with E-state index in [9.17, 15) is 0 Å². The molecule has 0 saturated heterocycles. The van der Waals surface area contributed by atoms with Crippen LogP contribution in [0.25, 0.3) is 5.57 Å². The molecular formula is C16H16. The molecule has 0 saturated carbocycles. The molecule has 0 atom stereocenters. The van der Waals surface area contributed by atoms with Gasteiger partial charge in [0.15, 0.2) is 0 Å². The van der Waals surface area contributed by atoms with Crippen molar-refractivity contribution in [1.29, 1.82) is 0 Å². The summed E-state index contributed by atoms with van der Waals surface area (Å²) in [5, 5.41) is 0. The second kappa shape index (κ2) is 3.68. The average Bonchev–Trinajstić information content (AvgIpc) is 2.49. The number of hydrogen-bond acceptors (Lipinski definition) is 0. The van der Waals surface area contributed by atoms with E-state index < -0.39 is 0 Å². The van der Waals surface area contributed by atoms with Crippen LogP contribution in [0.4, 0.5) is 0 Å². The third kappa shape index (κ3) is 1.32. The van der Waals surface area contributed by atoms with Gasteiger partial charge >= 0.3 is 0 Å². The summed E-state index contributed by atoms with van der Waals surface area (Å²) in [6.07, 6.45) is 9.83. The quantitative estimate of drug-likeness (QED) is 0.613. The summed E-state index contributed by atoms with van der Waals surface area (Å²) in [5.41, 5.74) is 4.85. The second-order valence-corrected chi connectivity index (χ2v) is 4.60. The summed E-state index contributed by atoms with van der Waals surface area (Å²) in [5.74, 6) is 2.86. The highest BCUT2D eigenvalue weighted by atomic mass is 14.4. The van der Waals surface area contributed by atoms with E-state index in [0.29, 0.717) is 0 Å². The van der Waals surface area contributed by atoms with Gasteiger partial charge in [0.25, 0.3) is 0 Å². The van der Waals surface area contributed by atoms with Gasteiger partial charge in [0.1, 0.15) is 0 Å². The van der Waals surface area contributed by atoms with Gasteiger partial charge in [-0.25, -0.2) is 0 Å². The first-order chi connectivity index (χ1) is 7.62. The van der Waals surface area contributed by atoms with Gasteiger partial charge < -0.3 is 0 Å². The molecule has 1 aliphatic rings. The maximum absolute atomic E-state index is 5.67. The number of terminal acetylenes is 1. The summed E-state index contributed by atoms with van der Waals surface area (Å²) in [7, 11) is 0. The van der Waals surface area contributed by atoms with Crippen molar-refractivity contribution in [2.75, 3.05) is 0 Å². The third-order valence-corrected chi connectivity index (χ3v) is 3.26. The van der Waals surface area contributed by atoms with Crippen molar-refractivity contribution in [1.82, 2.24) is 0 Å². The van der Waals surface area contributed by atoms with Crippen molar-refractivity contribution < 1.29 is 0 Å². The minimum absolute atomic E-state index is 0.0415. The van der Waals surface area contributed by atoms with Crippen LogP contribution in [-0.4, -0.2) is 0 Å². The predicted octanol–water partition coefficient (Wildman–Crippen LogP) is 3.94. The molecule has 0 bridgehead atoms. The van der Waals surface area contributed by atoms with Crippen molar-refractivity contribution in [2.24, 2.45) is 0 Å². The zero-order chi connectivity index (χ0) is 11.8. The second-order valence-electron chi connectivity index (χ2n) is 4.60. The van der Waals surface area contributed by atoms with Crippen molar-refractivity contribution in [3.8, 4) is 12.3 Å². The maximum Gasteiger partial charge on any atom is 0.0238 e. The van der Waals surface area contributed by atoms with Gasteiger partial charge in [-0.15, -0.1) is 6.42 Å². The van der Waals surface area contributed by atoms with E-state index in [1.54, 1.807) is 0 Å². The highest BCUT2D eigenvalue weighted by Crippen LogP contribution is 2.46. The first-order valence-corrected chi connectivity index (χ1v) is 5.57. The van der Waals surface area contributed by atoms with Crippen LogP contribution < -0.4 is 0 Å². The molecule has 0 amide bonds. The number of fused-ring (bicyclic) bond motifs is 1. The number of benzene rings is 1. The molecule has 0 aromatic heterocycles. The van der Waals surface area contributed by atoms with Crippen LogP contribution in [0.3, 0.4) is 0 Å². The number of rotatable bonds is 1. The molecule has 0 fully saturated rings. The summed E-state index contributed by atoms with van der Waals surface area (Å²) in [6.45, 7) is 6.41. The Kier molecular flexibility index (Phi) is 2.48. The number of allylic oxidation sites excluding steroid dienone is 4. The van der Waals surface area contributed by atoms with Crippen molar-refractivity contribution in [2.45, 2.75) is 26.2 Å². The Bertz CT molecular complexity index is 519. The van der Waals surface area contributed by atoms with Gasteiger partial charge in [0.2, 0.25) is 0 Å². The summed E-state index contributed by atoms with van der Waals surface area (Å²) >= 11 is 0. The molecule has 0 spiro atoms. The molecule has 0 unspecified atom stereocenters. The lowest BCUT2D eigenvalue weighted by molar-refractivity contribution is 0.659. The van der Waals surface area contributed by atoms with E-state index in [4.69, 9.17) is 6.42 Å². The van der Waals surface area contributed by atoms with Gasteiger partial charge in [0.05, 0.1) is 0 Å². The summed E-state index contributed by atoms with van der Waals surface area (Å²) in [6, 6.07) is 8.46. The van der Waals surface area contributed by atoms with E-state index in [2.05, 4.69) is 50.1 Å². The van der Waals surface area contributed by atoms with Gasteiger partial charge in [-0.2, -0.15) is 0 Å². The molecule has 80 valence electrons. The maximum atomic E-state index is 5.67. The van der Waals surface area contributed by atoms with Crippen LogP contribution in [0.2, 0.25) is 0 Å². The lowest BCUT2D eigenvalue weighted by Crippen LogP contribution is -2.16. The highest BCUT2D eigenvalue weighted by Gasteiger charge is 2.35. The lowest BCUT2D eigenvalue weighted by atomic mass is 9.81. The Labute approximate surface area is 97.7 Å². The van der Waals surface area contributed by atoms with E-state index in [-0.39, 0.29) is 5.41 Å². The SMILES string of the molecule is C#CC1=C(/C=C\C)c2ccccc2C1(C)C. The van der Waals surface area contributed by atoms with Crippen LogP contribution >= 0.6 is 0 Å². The molecule has 0 nitrogen and oxygen atoms in total. The average molecular weight is 208 g/mol. The van der Waals surface area contributed by atoms with Gasteiger partial charge in [-0.3, -0.25) is 0 Å². The molecule has 2 rings (SSSR count). The largest absolute Gasteiger partial charge is 0.115 e. The van der Waals surface area contributed by atoms with E-state index in [0.717, 1.165) is 5.57 Å². The minimum atomic E-state index is -0.0415. The van der Waals surface area contributed by atoms with Crippen LogP contribution in [0.15, 0.2) is 42.0 Å². The molecule has 1 aromatic rings. The molecule has 0 aliphatic heterocycles. The molecule has 0 N–H and O–H groups in total. The van der Waals surface area contributed by atoms with Gasteiger partial charge in [-0.05, 0) is 23.6 Å². The zero-order valence-electron chi connectivity index (χ0n) is 10.0. The normalized spacial score (nSPS) is 17.6. The predicted molar refractivity (Wildman–Crippen MR) is 70.0 cm³/mol. The Morgan fingerprint density at radius 2 is 1.94 bits per heavy atom. The highest BCUT2D eigenvalue weighted by molar-refractivity contribution is 5.88. The van der Waals surface area contributed by atoms with Gasteiger partial charge in [0, 0.05) is 11.0 Å². The van der Waals surface area contributed by atoms with Crippen LogP contribution in [0.5, 0.6) is 0 Å². The summed E-state index contributed by atoms with van der Waals surface area (Å²) in [4.78, 5) is 0. The first kappa shape index (κ1) is 10.8. The lowest BCUT2D eigenvalue weighted by Gasteiger charge is -2.20. The molecule has 0 radical (unpaired) electrons. The fourth-order valence-electron chi connectivity index (χ4n) is 2.47. The van der Waals surface area contributed by atoms with Crippen molar-refractivity contribution in [3.05, 3.63) is 53.1 Å². The van der Waals surface area contributed by atoms with Crippen molar-refractivity contribution >= 4 is 5.57 Å². The molecule has 1 aliphatic carbocycles. The smallest absolute Gasteiger partial charge is 0.0238 e.